The molecule has 2 aromatic carbocycles. The van der Waals surface area contributed by atoms with E-state index in [-0.39, 0.29) is 11.5 Å². The average Bonchev–Trinajstić information content (AvgIpc) is 2.70. The monoisotopic (exact) mass is 440 g/mol. The van der Waals surface area contributed by atoms with Crippen molar-refractivity contribution in [2.45, 2.75) is 27.0 Å². The van der Waals surface area contributed by atoms with Crippen LogP contribution in [-0.2, 0) is 17.9 Å². The number of nitrogens with zero attached hydrogens (tertiary/aromatic N) is 1. The highest BCUT2D eigenvalue weighted by Crippen LogP contribution is 2.25. The zero-order chi connectivity index (χ0) is 20.1. The summed E-state index contributed by atoms with van der Waals surface area (Å²) in [7, 11) is 0. The predicted octanol–water partition coefficient (Wildman–Crippen LogP) is 4.12. The molecule has 0 aliphatic rings. The van der Waals surface area contributed by atoms with E-state index in [4.69, 9.17) is 4.74 Å². The number of pyridine rings is 1. The molecule has 1 N–H and O–H groups in total. The number of benzene rings is 2. The van der Waals surface area contributed by atoms with Gasteiger partial charge in [0.05, 0.1) is 0 Å². The number of ether oxygens (including phenoxy) is 1. The lowest BCUT2D eigenvalue weighted by Gasteiger charge is -2.15. The van der Waals surface area contributed by atoms with Gasteiger partial charge in [-0.1, -0.05) is 42.5 Å². The maximum absolute atomic E-state index is 12.9. The fourth-order valence-corrected chi connectivity index (χ4v) is 3.24. The Balaban J connectivity index is 1.83. The van der Waals surface area contributed by atoms with Crippen molar-refractivity contribution in [2.75, 3.05) is 0 Å². The summed E-state index contributed by atoms with van der Waals surface area (Å²) >= 11 is 3.39. The van der Waals surface area contributed by atoms with Crippen LogP contribution in [0.4, 0.5) is 0 Å². The van der Waals surface area contributed by atoms with Crippen LogP contribution in [0.5, 0.6) is 5.75 Å². The highest BCUT2D eigenvalue weighted by atomic mass is 79.9. The average molecular weight is 441 g/mol. The first kappa shape index (κ1) is 19.9. The second-order valence-corrected chi connectivity index (χ2v) is 7.25. The number of hydrogen-bond donors (Lipinski definition) is 1. The fourth-order valence-electron chi connectivity index (χ4n) is 2.83. The van der Waals surface area contributed by atoms with E-state index in [9.17, 15) is 9.59 Å². The predicted molar refractivity (Wildman–Crippen MR) is 113 cm³/mol. The zero-order valence-corrected chi connectivity index (χ0v) is 17.3. The summed E-state index contributed by atoms with van der Waals surface area (Å²) in [5.41, 5.74) is 3.34. The van der Waals surface area contributed by atoms with Crippen LogP contribution in [-0.4, -0.2) is 10.5 Å². The van der Waals surface area contributed by atoms with E-state index in [2.05, 4.69) is 21.2 Å². The standard InChI is InChI=1S/C22H21BrN2O3/c1-15-12-20(28-14-18-6-4-3-5-7-18)21(23)22(27)25(15)19-10-8-17(9-11-19)13-24-16(2)26/h3-12H,13-14H2,1-2H3,(H,24,26). The van der Waals surface area contributed by atoms with Crippen LogP contribution in [0.2, 0.25) is 0 Å². The van der Waals surface area contributed by atoms with Gasteiger partial charge in [-0.3, -0.25) is 14.2 Å². The molecule has 0 fully saturated rings. The van der Waals surface area contributed by atoms with Crippen LogP contribution in [0, 0.1) is 6.92 Å². The first-order valence-electron chi connectivity index (χ1n) is 8.88. The summed E-state index contributed by atoms with van der Waals surface area (Å²) < 4.78 is 7.86. The molecule has 0 aliphatic carbocycles. The molecule has 6 heteroatoms. The van der Waals surface area contributed by atoms with Crippen molar-refractivity contribution in [3.63, 3.8) is 0 Å². The molecule has 0 radical (unpaired) electrons. The summed E-state index contributed by atoms with van der Waals surface area (Å²) in [4.78, 5) is 23.9. The number of halogens is 1. The van der Waals surface area contributed by atoms with Crippen molar-refractivity contribution in [1.82, 2.24) is 9.88 Å². The highest BCUT2D eigenvalue weighted by Gasteiger charge is 2.13. The van der Waals surface area contributed by atoms with E-state index in [0.717, 1.165) is 22.5 Å². The van der Waals surface area contributed by atoms with Crippen LogP contribution in [0.25, 0.3) is 5.69 Å². The Hall–Kier alpha value is -2.86. The van der Waals surface area contributed by atoms with Gasteiger partial charge in [-0.05, 0) is 46.1 Å². The molecule has 0 saturated heterocycles. The molecule has 0 aliphatic heterocycles. The lowest BCUT2D eigenvalue weighted by atomic mass is 10.2. The van der Waals surface area contributed by atoms with Crippen LogP contribution in [0.1, 0.15) is 23.7 Å². The quantitative estimate of drug-likeness (QED) is 0.626. The number of aromatic nitrogens is 1. The molecule has 3 rings (SSSR count). The Bertz CT molecular complexity index is 1030. The van der Waals surface area contributed by atoms with Gasteiger partial charge in [0.2, 0.25) is 5.91 Å². The maximum Gasteiger partial charge on any atom is 0.273 e. The molecule has 1 amide bonds. The van der Waals surface area contributed by atoms with Gasteiger partial charge >= 0.3 is 0 Å². The summed E-state index contributed by atoms with van der Waals surface area (Å²) in [5.74, 6) is 0.441. The van der Waals surface area contributed by atoms with Gasteiger partial charge in [-0.15, -0.1) is 0 Å². The summed E-state index contributed by atoms with van der Waals surface area (Å²) in [5, 5.41) is 2.76. The molecular formula is C22H21BrN2O3. The zero-order valence-electron chi connectivity index (χ0n) is 15.7. The van der Waals surface area contributed by atoms with Gasteiger partial charge in [0, 0.05) is 30.9 Å². The van der Waals surface area contributed by atoms with E-state index >= 15 is 0 Å². The number of aryl methyl sites for hydroxylation is 1. The molecule has 28 heavy (non-hydrogen) atoms. The smallest absolute Gasteiger partial charge is 0.273 e. The molecule has 5 nitrogen and oxygen atoms in total. The molecule has 0 atom stereocenters. The van der Waals surface area contributed by atoms with Crippen molar-refractivity contribution >= 4 is 21.8 Å². The summed E-state index contributed by atoms with van der Waals surface area (Å²) in [6, 6.07) is 19.2. The third-order valence-electron chi connectivity index (χ3n) is 4.27. The van der Waals surface area contributed by atoms with Crippen molar-refractivity contribution in [3.05, 3.63) is 92.3 Å². The molecule has 0 spiro atoms. The lowest BCUT2D eigenvalue weighted by Crippen LogP contribution is -2.22. The topological polar surface area (TPSA) is 60.3 Å². The molecule has 144 valence electrons. The Morgan fingerprint density at radius 1 is 1.07 bits per heavy atom. The number of carbonyl (C=O) groups is 1. The van der Waals surface area contributed by atoms with E-state index in [1.807, 2.05) is 67.6 Å². The first-order chi connectivity index (χ1) is 13.5. The van der Waals surface area contributed by atoms with E-state index in [0.29, 0.717) is 23.4 Å². The Morgan fingerprint density at radius 3 is 2.39 bits per heavy atom. The molecule has 0 bridgehead atoms. The normalized spacial score (nSPS) is 10.5. The fraction of sp³-hybridized carbons (Fsp3) is 0.182. The van der Waals surface area contributed by atoms with Crippen LogP contribution < -0.4 is 15.6 Å². The molecule has 3 aromatic rings. The Kier molecular flexibility index (Phi) is 6.31. The minimum absolute atomic E-state index is 0.0776. The highest BCUT2D eigenvalue weighted by molar-refractivity contribution is 9.10. The van der Waals surface area contributed by atoms with E-state index in [1.165, 1.54) is 6.92 Å². The minimum atomic E-state index is -0.183. The molecule has 0 unspecified atom stereocenters. The van der Waals surface area contributed by atoms with Gasteiger partial charge < -0.3 is 10.1 Å². The number of rotatable bonds is 6. The van der Waals surface area contributed by atoms with Crippen molar-refractivity contribution in [1.29, 1.82) is 0 Å². The van der Waals surface area contributed by atoms with Crippen molar-refractivity contribution < 1.29 is 9.53 Å². The Morgan fingerprint density at radius 2 is 1.75 bits per heavy atom. The summed E-state index contributed by atoms with van der Waals surface area (Å²) in [6.07, 6.45) is 0. The SMILES string of the molecule is CC(=O)NCc1ccc(-n2c(C)cc(OCc3ccccc3)c(Br)c2=O)cc1. The van der Waals surface area contributed by atoms with Crippen LogP contribution >= 0.6 is 15.9 Å². The molecule has 1 aromatic heterocycles. The second-order valence-electron chi connectivity index (χ2n) is 6.45. The second kappa shape index (κ2) is 8.89. The summed E-state index contributed by atoms with van der Waals surface area (Å²) in [6.45, 7) is 4.20. The number of hydrogen-bond acceptors (Lipinski definition) is 3. The van der Waals surface area contributed by atoms with E-state index < -0.39 is 0 Å². The lowest BCUT2D eigenvalue weighted by molar-refractivity contribution is -0.119. The van der Waals surface area contributed by atoms with E-state index in [1.54, 1.807) is 4.57 Å². The van der Waals surface area contributed by atoms with Crippen molar-refractivity contribution in [2.24, 2.45) is 0 Å². The third-order valence-corrected chi connectivity index (χ3v) is 5.00. The van der Waals surface area contributed by atoms with Crippen LogP contribution in [0.15, 0.2) is 69.9 Å². The van der Waals surface area contributed by atoms with Gasteiger partial charge in [0.1, 0.15) is 16.8 Å². The molecule has 1 heterocycles. The van der Waals surface area contributed by atoms with Crippen LogP contribution in [0.3, 0.4) is 0 Å². The van der Waals surface area contributed by atoms with Gasteiger partial charge in [-0.25, -0.2) is 0 Å². The molecule has 0 saturated carbocycles. The Labute approximate surface area is 172 Å². The third kappa shape index (κ3) is 4.70. The first-order valence-corrected chi connectivity index (χ1v) is 9.67. The van der Waals surface area contributed by atoms with Crippen molar-refractivity contribution in [3.8, 4) is 11.4 Å². The van der Waals surface area contributed by atoms with Gasteiger partial charge in [0.15, 0.2) is 0 Å². The number of amides is 1. The van der Waals surface area contributed by atoms with Gasteiger partial charge in [0.25, 0.3) is 5.56 Å². The molecular weight excluding hydrogens is 420 g/mol. The minimum Gasteiger partial charge on any atom is -0.487 e. The largest absolute Gasteiger partial charge is 0.487 e. The number of nitrogens with one attached hydrogen (secondary N) is 1. The maximum atomic E-state index is 12.9. The number of carbonyl (C=O) groups excluding carboxylic acids is 1. The van der Waals surface area contributed by atoms with Gasteiger partial charge in [-0.2, -0.15) is 0 Å².